The smallest absolute Gasteiger partial charge is 0.261 e. The molecule has 3 aromatic carbocycles. The Hall–Kier alpha value is -3.32. The van der Waals surface area contributed by atoms with Crippen LogP contribution in [0.2, 0.25) is 0 Å². The molecule has 1 aliphatic heterocycles. The van der Waals surface area contributed by atoms with Crippen LogP contribution in [0.25, 0.3) is 0 Å². The topological polar surface area (TPSA) is 71.0 Å². The van der Waals surface area contributed by atoms with Gasteiger partial charge in [-0.25, -0.2) is 13.4 Å². The van der Waals surface area contributed by atoms with Crippen LogP contribution >= 0.6 is 0 Å². The first-order valence-electron chi connectivity index (χ1n) is 11.5. The average molecular weight is 478 g/mol. The molecule has 0 bridgehead atoms. The van der Waals surface area contributed by atoms with Crippen LogP contribution in [0.3, 0.4) is 0 Å². The summed E-state index contributed by atoms with van der Waals surface area (Å²) in [6.07, 6.45) is 0. The predicted octanol–water partition coefficient (Wildman–Crippen LogP) is 6.31. The molecule has 0 unspecified atom stereocenters. The fraction of sp³-hybridized carbons (Fsp3) is 0.296. The van der Waals surface area contributed by atoms with Gasteiger partial charge in [-0.15, -0.1) is 0 Å². The van der Waals surface area contributed by atoms with Crippen molar-refractivity contribution in [1.29, 1.82) is 0 Å². The summed E-state index contributed by atoms with van der Waals surface area (Å²) in [5.41, 5.74) is 2.95. The first-order valence-corrected chi connectivity index (χ1v) is 13.0. The molecule has 0 amide bonds. The van der Waals surface area contributed by atoms with E-state index in [1.807, 2.05) is 36.4 Å². The minimum absolute atomic E-state index is 0.0511. The lowest BCUT2D eigenvalue weighted by Crippen LogP contribution is -2.31. The number of hydrogen-bond donors (Lipinski definition) is 1. The molecule has 0 aromatic heterocycles. The zero-order chi connectivity index (χ0) is 24.5. The molecule has 6 nitrogen and oxygen atoms in total. The summed E-state index contributed by atoms with van der Waals surface area (Å²) in [7, 11) is -3.76. The number of amidine groups is 1. The van der Waals surface area contributed by atoms with E-state index in [-0.39, 0.29) is 10.3 Å². The summed E-state index contributed by atoms with van der Waals surface area (Å²) in [4.78, 5) is 7.24. The number of aliphatic imine (C=N–C) groups is 1. The molecular weight excluding hydrogens is 446 g/mol. The second-order valence-electron chi connectivity index (χ2n) is 9.27. The standard InChI is InChI=1S/C27H31N3O3S/c1-6-30(7-2)26-22-18-20(14-17-24(22)33-25-11-9-8-10-23(25)28-26)29-34(31,32)21-15-12-19(13-16-21)27(3,4)5/h8-18,29H,6-7H2,1-5H3. The number of rotatable bonds is 5. The maximum Gasteiger partial charge on any atom is 0.261 e. The quantitative estimate of drug-likeness (QED) is 0.467. The van der Waals surface area contributed by atoms with Crippen molar-refractivity contribution in [3.8, 4) is 11.5 Å². The number of sulfonamides is 1. The third-order valence-electron chi connectivity index (χ3n) is 5.88. The molecule has 0 fully saturated rings. The molecule has 0 saturated heterocycles. The van der Waals surface area contributed by atoms with Crippen LogP contribution in [0.4, 0.5) is 11.4 Å². The van der Waals surface area contributed by atoms with Crippen LogP contribution < -0.4 is 9.46 Å². The number of nitrogens with one attached hydrogen (secondary N) is 1. The van der Waals surface area contributed by atoms with Crippen molar-refractivity contribution in [1.82, 2.24) is 4.90 Å². The number of benzene rings is 3. The highest BCUT2D eigenvalue weighted by Crippen LogP contribution is 2.39. The van der Waals surface area contributed by atoms with Crippen molar-refractivity contribution in [2.75, 3.05) is 17.8 Å². The molecule has 0 atom stereocenters. The largest absolute Gasteiger partial charge is 0.454 e. The molecule has 0 radical (unpaired) electrons. The number of hydrogen-bond acceptors (Lipinski definition) is 5. The molecule has 1 N–H and O–H groups in total. The summed E-state index contributed by atoms with van der Waals surface area (Å²) in [6.45, 7) is 11.9. The van der Waals surface area contributed by atoms with E-state index >= 15 is 0 Å². The molecule has 1 heterocycles. The predicted molar refractivity (Wildman–Crippen MR) is 138 cm³/mol. The lowest BCUT2D eigenvalue weighted by atomic mass is 9.87. The molecule has 178 valence electrons. The van der Waals surface area contributed by atoms with Gasteiger partial charge in [0, 0.05) is 18.8 Å². The van der Waals surface area contributed by atoms with E-state index < -0.39 is 10.0 Å². The molecule has 4 rings (SSSR count). The van der Waals surface area contributed by atoms with Crippen LogP contribution in [0.1, 0.15) is 45.7 Å². The van der Waals surface area contributed by atoms with Gasteiger partial charge in [0.25, 0.3) is 10.0 Å². The van der Waals surface area contributed by atoms with Crippen molar-refractivity contribution in [2.45, 2.75) is 44.9 Å². The third kappa shape index (κ3) is 4.80. The molecule has 0 spiro atoms. The van der Waals surface area contributed by atoms with Crippen LogP contribution in [0.15, 0.2) is 76.6 Å². The highest BCUT2D eigenvalue weighted by Gasteiger charge is 2.23. The Labute approximate surface area is 202 Å². The van der Waals surface area contributed by atoms with Gasteiger partial charge in [0.1, 0.15) is 17.3 Å². The second-order valence-corrected chi connectivity index (χ2v) is 11.0. The van der Waals surface area contributed by atoms with Crippen molar-refractivity contribution in [3.05, 3.63) is 77.9 Å². The summed E-state index contributed by atoms with van der Waals surface area (Å²) in [6, 6.07) is 19.9. The molecular formula is C27H31N3O3S. The first-order chi connectivity index (χ1) is 16.1. The number of ether oxygens (including phenoxy) is 1. The van der Waals surface area contributed by atoms with Crippen LogP contribution in [0, 0.1) is 0 Å². The van der Waals surface area contributed by atoms with Gasteiger partial charge in [-0.2, -0.15) is 0 Å². The van der Waals surface area contributed by atoms with E-state index in [0.29, 0.717) is 17.2 Å². The fourth-order valence-electron chi connectivity index (χ4n) is 3.90. The number of anilines is 1. The highest BCUT2D eigenvalue weighted by atomic mass is 32.2. The van der Waals surface area contributed by atoms with E-state index in [4.69, 9.17) is 9.73 Å². The number of para-hydroxylation sites is 2. The van der Waals surface area contributed by atoms with Gasteiger partial charge in [-0.3, -0.25) is 4.72 Å². The first kappa shape index (κ1) is 23.8. The monoisotopic (exact) mass is 477 g/mol. The minimum atomic E-state index is -3.76. The Morgan fingerprint density at radius 1 is 0.912 bits per heavy atom. The van der Waals surface area contributed by atoms with E-state index in [1.165, 1.54) is 0 Å². The Morgan fingerprint density at radius 3 is 2.24 bits per heavy atom. The zero-order valence-corrected chi connectivity index (χ0v) is 21.1. The molecule has 0 saturated carbocycles. The van der Waals surface area contributed by atoms with Gasteiger partial charge in [0.2, 0.25) is 0 Å². The average Bonchev–Trinajstić information content (AvgIpc) is 2.96. The molecule has 7 heteroatoms. The summed E-state index contributed by atoms with van der Waals surface area (Å²) in [5, 5.41) is 0. The van der Waals surface area contributed by atoms with Gasteiger partial charge in [0.05, 0.1) is 10.5 Å². The van der Waals surface area contributed by atoms with Gasteiger partial charge in [0.15, 0.2) is 5.75 Å². The highest BCUT2D eigenvalue weighted by molar-refractivity contribution is 7.92. The molecule has 0 aliphatic carbocycles. The summed E-state index contributed by atoms with van der Waals surface area (Å²) in [5.74, 6) is 2.05. The van der Waals surface area contributed by atoms with E-state index in [0.717, 1.165) is 35.7 Å². The van der Waals surface area contributed by atoms with Crippen LogP contribution in [-0.2, 0) is 15.4 Å². The molecule has 3 aromatic rings. The Morgan fingerprint density at radius 2 is 1.59 bits per heavy atom. The van der Waals surface area contributed by atoms with Gasteiger partial charge in [-0.1, -0.05) is 45.0 Å². The van der Waals surface area contributed by atoms with Gasteiger partial charge in [-0.05, 0) is 67.3 Å². The van der Waals surface area contributed by atoms with Crippen molar-refractivity contribution < 1.29 is 13.2 Å². The zero-order valence-electron chi connectivity index (χ0n) is 20.3. The minimum Gasteiger partial charge on any atom is -0.454 e. The Bertz CT molecular complexity index is 1320. The molecule has 34 heavy (non-hydrogen) atoms. The number of fused-ring (bicyclic) bond motifs is 2. The maximum atomic E-state index is 13.1. The second kappa shape index (κ2) is 9.14. The molecule has 1 aliphatic rings. The Kier molecular flexibility index (Phi) is 6.41. The SMILES string of the molecule is CCN(CC)C1=Nc2ccccc2Oc2ccc(NS(=O)(=O)c3ccc(C(C)(C)C)cc3)cc21. The fourth-order valence-corrected chi connectivity index (χ4v) is 4.95. The lowest BCUT2D eigenvalue weighted by Gasteiger charge is -2.23. The van der Waals surface area contributed by atoms with Crippen molar-refractivity contribution in [3.63, 3.8) is 0 Å². The van der Waals surface area contributed by atoms with E-state index in [2.05, 4.69) is 44.2 Å². The Balaban J connectivity index is 1.72. The maximum absolute atomic E-state index is 13.1. The van der Waals surface area contributed by atoms with E-state index in [1.54, 1.807) is 30.3 Å². The van der Waals surface area contributed by atoms with Crippen molar-refractivity contribution >= 4 is 27.2 Å². The normalized spacial score (nSPS) is 13.1. The number of nitrogens with zero attached hydrogens (tertiary/aromatic N) is 2. The van der Waals surface area contributed by atoms with Crippen molar-refractivity contribution in [2.24, 2.45) is 4.99 Å². The lowest BCUT2D eigenvalue weighted by molar-refractivity contribution is 0.462. The van der Waals surface area contributed by atoms with Gasteiger partial charge < -0.3 is 9.64 Å². The summed E-state index contributed by atoms with van der Waals surface area (Å²) >= 11 is 0. The van der Waals surface area contributed by atoms with Crippen LogP contribution in [0.5, 0.6) is 11.5 Å². The van der Waals surface area contributed by atoms with E-state index in [9.17, 15) is 8.42 Å². The summed E-state index contributed by atoms with van der Waals surface area (Å²) < 4.78 is 35.1. The third-order valence-corrected chi connectivity index (χ3v) is 7.28. The van der Waals surface area contributed by atoms with Gasteiger partial charge >= 0.3 is 0 Å². The van der Waals surface area contributed by atoms with Crippen LogP contribution in [-0.4, -0.2) is 32.2 Å².